The van der Waals surface area contributed by atoms with Crippen LogP contribution in [-0.4, -0.2) is 48.9 Å². The summed E-state index contributed by atoms with van der Waals surface area (Å²) in [5.74, 6) is 1.40. The predicted molar refractivity (Wildman–Crippen MR) is 80.0 cm³/mol. The molecular weight excluding hydrogens is 290 g/mol. The molecule has 2 aliphatic rings. The van der Waals surface area contributed by atoms with Crippen LogP contribution in [0.4, 0.5) is 5.82 Å². The van der Waals surface area contributed by atoms with Gasteiger partial charge in [-0.1, -0.05) is 0 Å². The predicted octanol–water partition coefficient (Wildman–Crippen LogP) is 0.507. The third-order valence-corrected chi connectivity index (χ3v) is 5.49. The first kappa shape index (κ1) is 14.7. The lowest BCUT2D eigenvalue weighted by Gasteiger charge is -2.18. The van der Waals surface area contributed by atoms with E-state index >= 15 is 0 Å². The van der Waals surface area contributed by atoms with Crippen LogP contribution in [0.3, 0.4) is 0 Å². The van der Waals surface area contributed by atoms with Gasteiger partial charge in [0.05, 0.1) is 6.54 Å². The molecule has 1 N–H and O–H groups in total. The third-order valence-electron chi connectivity index (χ3n) is 3.94. The molecule has 0 saturated carbocycles. The molecule has 0 aliphatic carbocycles. The van der Waals surface area contributed by atoms with Crippen LogP contribution in [0.15, 0.2) is 12.3 Å². The first-order valence-electron chi connectivity index (χ1n) is 7.47. The fraction of sp³-hybridized carbons (Fsp3) is 0.692. The van der Waals surface area contributed by atoms with Crippen molar-refractivity contribution in [2.45, 2.75) is 32.2 Å². The lowest BCUT2D eigenvalue weighted by molar-refractivity contribution is 0.463. The van der Waals surface area contributed by atoms with Crippen LogP contribution in [0.1, 0.15) is 31.5 Å². The van der Waals surface area contributed by atoms with Crippen LogP contribution in [0.5, 0.6) is 0 Å². The van der Waals surface area contributed by atoms with E-state index < -0.39 is 10.2 Å². The van der Waals surface area contributed by atoms with Crippen molar-refractivity contribution in [1.29, 1.82) is 0 Å². The topological polar surface area (TPSA) is 78.4 Å². The molecule has 1 aromatic rings. The second kappa shape index (κ2) is 6.25. The molecule has 3 rings (SSSR count). The Bertz CT molecular complexity index is 580. The van der Waals surface area contributed by atoms with Crippen molar-refractivity contribution in [2.75, 3.05) is 31.1 Å². The first-order chi connectivity index (χ1) is 10.1. The van der Waals surface area contributed by atoms with E-state index in [1.165, 1.54) is 17.1 Å². The Kier molecular flexibility index (Phi) is 4.37. The fourth-order valence-electron chi connectivity index (χ4n) is 2.77. The van der Waals surface area contributed by atoms with Crippen molar-refractivity contribution in [3.05, 3.63) is 18.1 Å². The summed E-state index contributed by atoms with van der Waals surface area (Å²) in [4.78, 5) is 10.8. The Morgan fingerprint density at radius 2 is 1.76 bits per heavy atom. The zero-order valence-corrected chi connectivity index (χ0v) is 12.8. The maximum absolute atomic E-state index is 12.1. The molecule has 3 heterocycles. The molecule has 0 unspecified atom stereocenters. The van der Waals surface area contributed by atoms with Gasteiger partial charge in [0.25, 0.3) is 10.2 Å². The zero-order valence-electron chi connectivity index (χ0n) is 12.0. The van der Waals surface area contributed by atoms with Gasteiger partial charge in [-0.3, -0.25) is 0 Å². The summed E-state index contributed by atoms with van der Waals surface area (Å²) in [5.41, 5.74) is 0. The average Bonchev–Trinajstić information content (AvgIpc) is 3.18. The van der Waals surface area contributed by atoms with Crippen LogP contribution in [0, 0.1) is 0 Å². The highest BCUT2D eigenvalue weighted by Crippen LogP contribution is 2.17. The molecule has 0 bridgehead atoms. The number of hydrogen-bond acceptors (Lipinski definition) is 5. The highest BCUT2D eigenvalue weighted by atomic mass is 32.2. The Hall–Kier alpha value is -1.25. The van der Waals surface area contributed by atoms with Gasteiger partial charge < -0.3 is 4.90 Å². The normalized spacial score (nSPS) is 20.3. The SMILES string of the molecule is O=S(=O)(NCc1nccc(N2CCCC2)n1)N1CCCC1. The summed E-state index contributed by atoms with van der Waals surface area (Å²) in [6.07, 6.45) is 5.92. The minimum Gasteiger partial charge on any atom is -0.357 e. The second-order valence-electron chi connectivity index (χ2n) is 5.46. The highest BCUT2D eigenvalue weighted by molar-refractivity contribution is 7.87. The van der Waals surface area contributed by atoms with E-state index in [4.69, 9.17) is 0 Å². The van der Waals surface area contributed by atoms with Gasteiger partial charge in [-0.05, 0) is 31.7 Å². The number of rotatable bonds is 5. The quantitative estimate of drug-likeness (QED) is 0.857. The van der Waals surface area contributed by atoms with E-state index in [1.54, 1.807) is 6.20 Å². The van der Waals surface area contributed by atoms with E-state index in [0.717, 1.165) is 31.7 Å². The summed E-state index contributed by atoms with van der Waals surface area (Å²) < 4.78 is 28.3. The van der Waals surface area contributed by atoms with E-state index in [1.807, 2.05) is 6.07 Å². The van der Waals surface area contributed by atoms with Crippen molar-refractivity contribution < 1.29 is 8.42 Å². The molecular formula is C13H21N5O2S. The maximum atomic E-state index is 12.1. The maximum Gasteiger partial charge on any atom is 0.279 e. The van der Waals surface area contributed by atoms with Crippen molar-refractivity contribution in [3.8, 4) is 0 Å². The van der Waals surface area contributed by atoms with Gasteiger partial charge in [0, 0.05) is 32.4 Å². The summed E-state index contributed by atoms with van der Waals surface area (Å²) in [7, 11) is -3.40. The monoisotopic (exact) mass is 311 g/mol. The Labute approximate surface area is 125 Å². The van der Waals surface area contributed by atoms with Gasteiger partial charge in [0.15, 0.2) is 0 Å². The fourth-order valence-corrected chi connectivity index (χ4v) is 4.00. The van der Waals surface area contributed by atoms with E-state index in [9.17, 15) is 8.42 Å². The Morgan fingerprint density at radius 3 is 2.48 bits per heavy atom. The van der Waals surface area contributed by atoms with Gasteiger partial charge in [-0.25, -0.2) is 9.97 Å². The van der Waals surface area contributed by atoms with Gasteiger partial charge in [-0.2, -0.15) is 17.4 Å². The molecule has 8 heteroatoms. The van der Waals surface area contributed by atoms with Crippen LogP contribution in [0.25, 0.3) is 0 Å². The standard InChI is InChI=1S/C13H21N5O2S/c19-21(20,18-9-3-4-10-18)15-11-12-14-6-5-13(16-12)17-7-1-2-8-17/h5-6,15H,1-4,7-11H2. The molecule has 21 heavy (non-hydrogen) atoms. The van der Waals surface area contributed by atoms with Crippen LogP contribution < -0.4 is 9.62 Å². The van der Waals surface area contributed by atoms with E-state index in [0.29, 0.717) is 18.9 Å². The summed E-state index contributed by atoms with van der Waals surface area (Å²) >= 11 is 0. The third kappa shape index (κ3) is 3.50. The number of nitrogens with zero attached hydrogens (tertiary/aromatic N) is 4. The molecule has 0 atom stereocenters. The number of anilines is 1. The van der Waals surface area contributed by atoms with Gasteiger partial charge >= 0.3 is 0 Å². The number of hydrogen-bond donors (Lipinski definition) is 1. The van der Waals surface area contributed by atoms with Gasteiger partial charge in [-0.15, -0.1) is 0 Å². The van der Waals surface area contributed by atoms with Crippen molar-refractivity contribution >= 4 is 16.0 Å². The Balaban J connectivity index is 1.63. The molecule has 116 valence electrons. The highest BCUT2D eigenvalue weighted by Gasteiger charge is 2.25. The van der Waals surface area contributed by atoms with Crippen molar-refractivity contribution in [2.24, 2.45) is 0 Å². The van der Waals surface area contributed by atoms with Crippen molar-refractivity contribution in [3.63, 3.8) is 0 Å². The van der Waals surface area contributed by atoms with E-state index in [-0.39, 0.29) is 6.54 Å². The lowest BCUT2D eigenvalue weighted by atomic mass is 10.4. The summed E-state index contributed by atoms with van der Waals surface area (Å²) in [6, 6.07) is 1.88. The van der Waals surface area contributed by atoms with E-state index in [2.05, 4.69) is 19.6 Å². The molecule has 2 fully saturated rings. The van der Waals surface area contributed by atoms with Crippen LogP contribution >= 0.6 is 0 Å². The van der Waals surface area contributed by atoms with Crippen molar-refractivity contribution in [1.82, 2.24) is 19.0 Å². The molecule has 0 amide bonds. The van der Waals surface area contributed by atoms with Gasteiger partial charge in [0.1, 0.15) is 11.6 Å². The lowest BCUT2D eigenvalue weighted by Crippen LogP contribution is -2.38. The smallest absolute Gasteiger partial charge is 0.279 e. The summed E-state index contributed by atoms with van der Waals surface area (Å²) in [6.45, 7) is 3.36. The second-order valence-corrected chi connectivity index (χ2v) is 7.21. The molecule has 7 nitrogen and oxygen atoms in total. The zero-order chi connectivity index (χ0) is 14.7. The Morgan fingerprint density at radius 1 is 1.10 bits per heavy atom. The minimum atomic E-state index is -3.40. The number of aromatic nitrogens is 2. The molecule has 2 saturated heterocycles. The average molecular weight is 311 g/mol. The number of nitrogens with one attached hydrogen (secondary N) is 1. The van der Waals surface area contributed by atoms with Crippen LogP contribution in [0.2, 0.25) is 0 Å². The molecule has 1 aromatic heterocycles. The molecule has 0 spiro atoms. The van der Waals surface area contributed by atoms with Gasteiger partial charge in [0.2, 0.25) is 0 Å². The van der Waals surface area contributed by atoms with Crippen LogP contribution in [-0.2, 0) is 16.8 Å². The molecule has 2 aliphatic heterocycles. The minimum absolute atomic E-state index is 0.139. The molecule has 0 aromatic carbocycles. The largest absolute Gasteiger partial charge is 0.357 e. The summed E-state index contributed by atoms with van der Waals surface area (Å²) in [5, 5.41) is 0. The molecule has 0 radical (unpaired) electrons. The first-order valence-corrected chi connectivity index (χ1v) is 8.91.